The second kappa shape index (κ2) is 9.46. The molecular formula is C25H26N4O3S. The van der Waals surface area contributed by atoms with Gasteiger partial charge in [0.15, 0.2) is 0 Å². The number of rotatable bonds is 6. The van der Waals surface area contributed by atoms with Crippen LogP contribution in [0.4, 0.5) is 9.80 Å². The molecule has 0 radical (unpaired) electrons. The molecular weight excluding hydrogens is 436 g/mol. The van der Waals surface area contributed by atoms with E-state index in [2.05, 4.69) is 20.6 Å². The number of pyridine rings is 1. The molecule has 2 amide bonds. The second-order valence-corrected chi connectivity index (χ2v) is 9.68. The van der Waals surface area contributed by atoms with Gasteiger partial charge in [0, 0.05) is 34.8 Å². The summed E-state index contributed by atoms with van der Waals surface area (Å²) in [5, 5.41) is 7.49. The zero-order valence-corrected chi connectivity index (χ0v) is 19.5. The monoisotopic (exact) mass is 462 g/mol. The molecule has 4 rings (SSSR count). The van der Waals surface area contributed by atoms with E-state index in [-0.39, 0.29) is 12.5 Å². The Hall–Kier alpha value is -3.65. The number of ether oxygens (including phenoxy) is 1. The lowest BCUT2D eigenvalue weighted by Crippen LogP contribution is -2.37. The van der Waals surface area contributed by atoms with E-state index in [0.717, 1.165) is 32.0 Å². The maximum absolute atomic E-state index is 13.2. The number of carbonyl (C=O) groups excluding carboxylic acids is 2. The summed E-state index contributed by atoms with van der Waals surface area (Å²) in [4.78, 5) is 33.8. The number of nitrogens with one attached hydrogen (secondary N) is 3. The summed E-state index contributed by atoms with van der Waals surface area (Å²) in [5.41, 5.74) is 2.08. The number of anilines is 1. The van der Waals surface area contributed by atoms with Crippen molar-refractivity contribution in [3.8, 4) is 10.4 Å². The minimum atomic E-state index is -0.611. The van der Waals surface area contributed by atoms with Gasteiger partial charge in [-0.05, 0) is 50.6 Å². The lowest BCUT2D eigenvalue weighted by atomic mass is 9.98. The number of hydrogen-bond donors (Lipinski definition) is 3. The van der Waals surface area contributed by atoms with Crippen LogP contribution in [0, 0.1) is 0 Å². The van der Waals surface area contributed by atoms with Crippen molar-refractivity contribution < 1.29 is 14.3 Å². The Bertz CT molecular complexity index is 1260. The fraction of sp³-hybridized carbons (Fsp3) is 0.240. The molecule has 1 atom stereocenters. The number of thiophene rings is 1. The molecule has 4 aromatic rings. The Labute approximate surface area is 196 Å². The lowest BCUT2D eigenvalue weighted by Gasteiger charge is -2.22. The van der Waals surface area contributed by atoms with E-state index in [0.29, 0.717) is 0 Å². The highest BCUT2D eigenvalue weighted by Gasteiger charge is 2.24. The van der Waals surface area contributed by atoms with Gasteiger partial charge in [0.1, 0.15) is 11.2 Å². The van der Waals surface area contributed by atoms with Gasteiger partial charge in [0.05, 0.1) is 10.9 Å². The predicted molar refractivity (Wildman–Crippen MR) is 131 cm³/mol. The first kappa shape index (κ1) is 22.5. The van der Waals surface area contributed by atoms with Gasteiger partial charge in [-0.1, -0.05) is 30.3 Å². The number of hydrogen-bond acceptors (Lipinski definition) is 5. The van der Waals surface area contributed by atoms with Gasteiger partial charge in [-0.3, -0.25) is 4.79 Å². The van der Waals surface area contributed by atoms with Crippen molar-refractivity contribution in [3.63, 3.8) is 0 Å². The molecule has 8 heteroatoms. The summed E-state index contributed by atoms with van der Waals surface area (Å²) < 4.78 is 5.32. The number of benzene rings is 1. The summed E-state index contributed by atoms with van der Waals surface area (Å²) in [6, 6.07) is 17.2. The van der Waals surface area contributed by atoms with Crippen LogP contribution in [0.3, 0.4) is 0 Å². The van der Waals surface area contributed by atoms with Crippen LogP contribution in [-0.2, 0) is 9.53 Å². The van der Waals surface area contributed by atoms with E-state index in [4.69, 9.17) is 4.74 Å². The van der Waals surface area contributed by atoms with Crippen molar-refractivity contribution in [2.75, 3.05) is 11.9 Å². The normalized spacial score (nSPS) is 12.3. The molecule has 0 aliphatic heterocycles. The highest BCUT2D eigenvalue weighted by atomic mass is 32.1. The number of aromatic nitrogens is 2. The fourth-order valence-corrected chi connectivity index (χ4v) is 4.43. The highest BCUT2D eigenvalue weighted by molar-refractivity contribution is 7.19. The number of alkyl carbamates (subject to hydrolysis) is 1. The van der Waals surface area contributed by atoms with E-state index in [1.54, 1.807) is 27.0 Å². The molecule has 1 aromatic carbocycles. The number of carbonyl (C=O) groups is 2. The first-order chi connectivity index (χ1) is 15.8. The number of H-pyrrole nitrogens is 1. The predicted octanol–water partition coefficient (Wildman–Crippen LogP) is 5.54. The third kappa shape index (κ3) is 5.59. The van der Waals surface area contributed by atoms with E-state index >= 15 is 0 Å². The summed E-state index contributed by atoms with van der Waals surface area (Å²) in [6.07, 6.45) is 3.07. The number of aromatic amines is 1. The van der Waals surface area contributed by atoms with Crippen molar-refractivity contribution in [2.24, 2.45) is 0 Å². The molecule has 0 fully saturated rings. The van der Waals surface area contributed by atoms with Gasteiger partial charge in [0.2, 0.25) is 5.91 Å². The van der Waals surface area contributed by atoms with Gasteiger partial charge in [0.25, 0.3) is 0 Å². The van der Waals surface area contributed by atoms with Crippen molar-refractivity contribution in [1.29, 1.82) is 0 Å². The zero-order chi connectivity index (χ0) is 23.4. The van der Waals surface area contributed by atoms with Crippen LogP contribution in [0.5, 0.6) is 0 Å². The third-order valence-corrected chi connectivity index (χ3v) is 5.98. The van der Waals surface area contributed by atoms with Gasteiger partial charge < -0.3 is 20.4 Å². The fourth-order valence-electron chi connectivity index (χ4n) is 3.48. The Balaban J connectivity index is 1.50. The average molecular weight is 463 g/mol. The molecule has 1 unspecified atom stereocenters. The Morgan fingerprint density at radius 1 is 1.09 bits per heavy atom. The Kier molecular flexibility index (Phi) is 6.46. The molecule has 33 heavy (non-hydrogen) atoms. The minimum absolute atomic E-state index is 0.122. The average Bonchev–Trinajstić information content (AvgIpc) is 3.42. The van der Waals surface area contributed by atoms with Crippen LogP contribution in [0.15, 0.2) is 67.0 Å². The molecule has 0 saturated heterocycles. The molecule has 0 saturated carbocycles. The molecule has 3 aromatic heterocycles. The number of fused-ring (bicyclic) bond motifs is 1. The Morgan fingerprint density at radius 2 is 1.88 bits per heavy atom. The van der Waals surface area contributed by atoms with Crippen molar-refractivity contribution in [1.82, 2.24) is 15.3 Å². The highest BCUT2D eigenvalue weighted by Crippen LogP contribution is 2.35. The summed E-state index contributed by atoms with van der Waals surface area (Å²) in [7, 11) is 0. The first-order valence-electron chi connectivity index (χ1n) is 10.6. The molecule has 0 spiro atoms. The SMILES string of the molecule is CC(C)(C)OC(=O)NCC(C(=O)Nc1ccc(-c2ccnc3[nH]ccc23)s1)c1ccccc1. The van der Waals surface area contributed by atoms with Crippen LogP contribution in [-0.4, -0.2) is 34.1 Å². The van der Waals surface area contributed by atoms with E-state index in [9.17, 15) is 9.59 Å². The van der Waals surface area contributed by atoms with Crippen LogP contribution in [0.1, 0.15) is 32.3 Å². The molecule has 0 bridgehead atoms. The van der Waals surface area contributed by atoms with Crippen LogP contribution in [0.25, 0.3) is 21.5 Å². The Morgan fingerprint density at radius 3 is 2.64 bits per heavy atom. The molecule has 0 aliphatic rings. The minimum Gasteiger partial charge on any atom is -0.444 e. The van der Waals surface area contributed by atoms with Crippen LogP contribution in [0.2, 0.25) is 0 Å². The van der Waals surface area contributed by atoms with Crippen molar-refractivity contribution in [3.05, 3.63) is 72.6 Å². The van der Waals surface area contributed by atoms with Crippen molar-refractivity contribution in [2.45, 2.75) is 32.3 Å². The van der Waals surface area contributed by atoms with Crippen molar-refractivity contribution >= 4 is 39.4 Å². The maximum Gasteiger partial charge on any atom is 0.407 e. The smallest absolute Gasteiger partial charge is 0.407 e. The van der Waals surface area contributed by atoms with E-state index < -0.39 is 17.6 Å². The molecule has 3 N–H and O–H groups in total. The van der Waals surface area contributed by atoms with E-state index in [1.165, 1.54) is 11.3 Å². The molecule has 7 nitrogen and oxygen atoms in total. The molecule has 3 heterocycles. The second-order valence-electron chi connectivity index (χ2n) is 8.60. The lowest BCUT2D eigenvalue weighted by molar-refractivity contribution is -0.117. The third-order valence-electron chi connectivity index (χ3n) is 4.95. The standard InChI is InChI=1S/C25H26N4O3S/c1-25(2,3)32-24(31)28-15-19(16-7-5-4-6-8-16)23(30)29-21-10-9-20(33-21)17-11-13-26-22-18(17)12-14-27-22/h4-14,19H,15H2,1-3H3,(H,26,27)(H,28,31)(H,29,30). The van der Waals surface area contributed by atoms with Gasteiger partial charge in [-0.15, -0.1) is 11.3 Å². The number of amides is 2. The summed E-state index contributed by atoms with van der Waals surface area (Å²) >= 11 is 1.49. The van der Waals surface area contributed by atoms with Crippen LogP contribution < -0.4 is 10.6 Å². The van der Waals surface area contributed by atoms with Gasteiger partial charge in [-0.25, -0.2) is 9.78 Å². The maximum atomic E-state index is 13.2. The van der Waals surface area contributed by atoms with E-state index in [1.807, 2.05) is 60.8 Å². The largest absolute Gasteiger partial charge is 0.444 e. The summed E-state index contributed by atoms with van der Waals surface area (Å²) in [5.74, 6) is -0.770. The first-order valence-corrected chi connectivity index (χ1v) is 11.5. The van der Waals surface area contributed by atoms with Gasteiger partial charge in [-0.2, -0.15) is 0 Å². The molecule has 170 valence electrons. The number of nitrogens with zero attached hydrogens (tertiary/aromatic N) is 1. The van der Waals surface area contributed by atoms with Crippen LogP contribution >= 0.6 is 11.3 Å². The summed E-state index contributed by atoms with van der Waals surface area (Å²) in [6.45, 7) is 5.52. The van der Waals surface area contributed by atoms with Gasteiger partial charge >= 0.3 is 6.09 Å². The quantitative estimate of drug-likeness (QED) is 0.351. The molecule has 0 aliphatic carbocycles. The zero-order valence-electron chi connectivity index (χ0n) is 18.7. The topological polar surface area (TPSA) is 96.1 Å².